The number of fused-ring (bicyclic) bond motifs is 2. The quantitative estimate of drug-likeness (QED) is 0.495. The fourth-order valence-electron chi connectivity index (χ4n) is 5.36. The summed E-state index contributed by atoms with van der Waals surface area (Å²) >= 11 is 0. The van der Waals surface area contributed by atoms with Crippen LogP contribution in [0.5, 0.6) is 0 Å². The highest BCUT2D eigenvalue weighted by Crippen LogP contribution is 2.47. The van der Waals surface area contributed by atoms with Crippen molar-refractivity contribution < 1.29 is 14.0 Å². The Morgan fingerprint density at radius 2 is 1.52 bits per heavy atom. The number of para-hydroxylation sites is 2. The zero-order valence-corrected chi connectivity index (χ0v) is 20.9. The molecule has 2 aromatic rings. The number of methoxy groups -OCH3 is 2. The third kappa shape index (κ3) is 4.07. The third-order valence-electron chi connectivity index (χ3n) is 7.14. The first-order valence-electron chi connectivity index (χ1n) is 11.8. The van der Waals surface area contributed by atoms with E-state index in [4.69, 9.17) is 9.47 Å². The molecule has 0 saturated heterocycles. The van der Waals surface area contributed by atoms with Crippen molar-refractivity contribution in [3.63, 3.8) is 0 Å². The van der Waals surface area contributed by atoms with Crippen molar-refractivity contribution in [2.24, 2.45) is 0 Å². The van der Waals surface area contributed by atoms with Crippen LogP contribution in [0, 0.1) is 0 Å². The molecular weight excluding hydrogens is 408 g/mol. The third-order valence-corrected chi connectivity index (χ3v) is 7.14. The average Bonchev–Trinajstić information content (AvgIpc) is 3.16. The van der Waals surface area contributed by atoms with Gasteiger partial charge in [0.2, 0.25) is 5.69 Å². The van der Waals surface area contributed by atoms with E-state index in [2.05, 4.69) is 104 Å². The molecule has 0 fully saturated rings. The standard InChI is InChI=1S/C29H37N2O2/c1-28(2)22-12-7-9-14-24(22)30(18-20-32-5)26(28)16-11-17-27-29(3,4)23-13-8-10-15-25(23)31(27)19-21-33-6/h7-17H,18-21H2,1-6H3/q+1. The van der Waals surface area contributed by atoms with E-state index in [-0.39, 0.29) is 10.8 Å². The zero-order valence-electron chi connectivity index (χ0n) is 20.9. The molecule has 0 bridgehead atoms. The second-order valence-electron chi connectivity index (χ2n) is 9.87. The number of hydrogen-bond donors (Lipinski definition) is 0. The average molecular weight is 446 g/mol. The first-order chi connectivity index (χ1) is 15.8. The highest BCUT2D eigenvalue weighted by atomic mass is 16.5. The molecule has 4 nitrogen and oxygen atoms in total. The first-order valence-corrected chi connectivity index (χ1v) is 11.8. The van der Waals surface area contributed by atoms with Crippen LogP contribution in [0.4, 0.5) is 11.4 Å². The fraction of sp³-hybridized carbons (Fsp3) is 0.414. The van der Waals surface area contributed by atoms with E-state index in [0.717, 1.165) is 13.1 Å². The highest BCUT2D eigenvalue weighted by Gasteiger charge is 2.44. The Labute approximate surface area is 198 Å². The minimum absolute atomic E-state index is 0.0662. The Morgan fingerprint density at radius 3 is 2.24 bits per heavy atom. The normalized spacial score (nSPS) is 19.6. The van der Waals surface area contributed by atoms with Crippen molar-refractivity contribution in [1.29, 1.82) is 0 Å². The molecule has 4 rings (SSSR count). The second-order valence-corrected chi connectivity index (χ2v) is 9.87. The van der Waals surface area contributed by atoms with Crippen LogP contribution in [0.1, 0.15) is 38.8 Å². The van der Waals surface area contributed by atoms with Crippen molar-refractivity contribution in [3.8, 4) is 0 Å². The SMILES string of the molecule is COCCN1/C(=C\C=C\C2=[N+](CCOC)c3ccccc3C2(C)C)C(C)(C)c2ccccc21. The number of anilines is 1. The Kier molecular flexibility index (Phi) is 6.60. The van der Waals surface area contributed by atoms with Crippen LogP contribution in [0.3, 0.4) is 0 Å². The summed E-state index contributed by atoms with van der Waals surface area (Å²) in [4.78, 5) is 2.41. The molecule has 2 aromatic carbocycles. The van der Waals surface area contributed by atoms with Gasteiger partial charge in [-0.3, -0.25) is 0 Å². The molecule has 33 heavy (non-hydrogen) atoms. The first kappa shape index (κ1) is 23.5. The number of ether oxygens (including phenoxy) is 2. The van der Waals surface area contributed by atoms with E-state index in [1.165, 1.54) is 33.9 Å². The maximum Gasteiger partial charge on any atom is 0.209 e. The van der Waals surface area contributed by atoms with E-state index in [1.807, 2.05) is 0 Å². The van der Waals surface area contributed by atoms with Crippen molar-refractivity contribution >= 4 is 17.1 Å². The van der Waals surface area contributed by atoms with Crippen molar-refractivity contribution in [3.05, 3.63) is 83.6 Å². The summed E-state index contributed by atoms with van der Waals surface area (Å²) in [6.07, 6.45) is 6.80. The number of rotatable bonds is 8. The molecule has 0 amide bonds. The van der Waals surface area contributed by atoms with Crippen LogP contribution in [0.2, 0.25) is 0 Å². The van der Waals surface area contributed by atoms with Crippen LogP contribution in [0.15, 0.2) is 72.5 Å². The van der Waals surface area contributed by atoms with Crippen molar-refractivity contribution in [2.45, 2.75) is 38.5 Å². The van der Waals surface area contributed by atoms with Gasteiger partial charge in [-0.05, 0) is 31.6 Å². The molecule has 0 aliphatic carbocycles. The molecule has 0 spiro atoms. The largest absolute Gasteiger partial charge is 0.383 e. The lowest BCUT2D eigenvalue weighted by Crippen LogP contribution is -2.29. The van der Waals surface area contributed by atoms with E-state index >= 15 is 0 Å². The van der Waals surface area contributed by atoms with Gasteiger partial charge in [0, 0.05) is 55.3 Å². The molecule has 2 heterocycles. The van der Waals surface area contributed by atoms with Gasteiger partial charge in [0.05, 0.1) is 12.0 Å². The minimum Gasteiger partial charge on any atom is -0.383 e. The van der Waals surface area contributed by atoms with Gasteiger partial charge in [-0.2, -0.15) is 4.58 Å². The zero-order chi connectivity index (χ0) is 23.6. The van der Waals surface area contributed by atoms with Crippen molar-refractivity contribution in [2.75, 3.05) is 45.4 Å². The van der Waals surface area contributed by atoms with Gasteiger partial charge in [-0.25, -0.2) is 0 Å². The number of nitrogens with zero attached hydrogens (tertiary/aromatic N) is 2. The van der Waals surface area contributed by atoms with Gasteiger partial charge in [-0.15, -0.1) is 0 Å². The number of allylic oxidation sites excluding steroid dienone is 4. The molecule has 2 aliphatic rings. The van der Waals surface area contributed by atoms with E-state index in [9.17, 15) is 0 Å². The summed E-state index contributed by atoms with van der Waals surface area (Å²) in [6, 6.07) is 17.4. The predicted octanol–water partition coefficient (Wildman–Crippen LogP) is 5.59. The topological polar surface area (TPSA) is 24.7 Å². The molecule has 0 atom stereocenters. The van der Waals surface area contributed by atoms with Crippen LogP contribution in [-0.4, -0.2) is 50.8 Å². The number of benzene rings is 2. The summed E-state index contributed by atoms with van der Waals surface area (Å²) in [5, 5.41) is 0. The highest BCUT2D eigenvalue weighted by molar-refractivity contribution is 6.03. The van der Waals surface area contributed by atoms with E-state index < -0.39 is 0 Å². The maximum atomic E-state index is 5.43. The Balaban J connectivity index is 1.74. The second kappa shape index (κ2) is 9.28. The summed E-state index contributed by atoms with van der Waals surface area (Å²) < 4.78 is 13.3. The Morgan fingerprint density at radius 1 is 0.848 bits per heavy atom. The van der Waals surface area contributed by atoms with Gasteiger partial charge < -0.3 is 14.4 Å². The lowest BCUT2D eigenvalue weighted by Gasteiger charge is -2.26. The van der Waals surface area contributed by atoms with Crippen LogP contribution >= 0.6 is 0 Å². The predicted molar refractivity (Wildman–Crippen MR) is 137 cm³/mol. The minimum atomic E-state index is -0.0662. The van der Waals surface area contributed by atoms with Crippen LogP contribution in [0.25, 0.3) is 0 Å². The molecule has 0 N–H and O–H groups in total. The lowest BCUT2D eigenvalue weighted by atomic mass is 9.81. The molecule has 0 radical (unpaired) electrons. The maximum absolute atomic E-state index is 5.43. The smallest absolute Gasteiger partial charge is 0.209 e. The van der Waals surface area contributed by atoms with Gasteiger partial charge in [0.15, 0.2) is 12.3 Å². The molecule has 0 saturated carbocycles. The van der Waals surface area contributed by atoms with Crippen molar-refractivity contribution in [1.82, 2.24) is 0 Å². The summed E-state index contributed by atoms with van der Waals surface area (Å²) in [6.45, 7) is 12.3. The van der Waals surface area contributed by atoms with Crippen LogP contribution < -0.4 is 4.90 Å². The van der Waals surface area contributed by atoms with E-state index in [0.29, 0.717) is 13.2 Å². The Bertz CT molecular complexity index is 1110. The summed E-state index contributed by atoms with van der Waals surface area (Å²) in [5.74, 6) is 0. The van der Waals surface area contributed by atoms with Gasteiger partial charge in [0.1, 0.15) is 6.61 Å². The van der Waals surface area contributed by atoms with Gasteiger partial charge >= 0.3 is 0 Å². The van der Waals surface area contributed by atoms with Crippen LogP contribution in [-0.2, 0) is 20.3 Å². The molecular formula is C29H37N2O2+. The molecule has 4 heteroatoms. The summed E-state index contributed by atoms with van der Waals surface area (Å²) in [5.41, 5.74) is 7.76. The Hall–Kier alpha value is -2.69. The van der Waals surface area contributed by atoms with E-state index in [1.54, 1.807) is 14.2 Å². The molecule has 0 aromatic heterocycles. The fourth-order valence-corrected chi connectivity index (χ4v) is 5.36. The number of hydrogen-bond acceptors (Lipinski definition) is 3. The van der Waals surface area contributed by atoms with Gasteiger partial charge in [0.25, 0.3) is 0 Å². The summed E-state index contributed by atoms with van der Waals surface area (Å²) in [7, 11) is 3.53. The van der Waals surface area contributed by atoms with Gasteiger partial charge in [-0.1, -0.05) is 56.3 Å². The molecule has 0 unspecified atom stereocenters. The molecule has 174 valence electrons. The monoisotopic (exact) mass is 445 g/mol. The molecule has 2 aliphatic heterocycles. The lowest BCUT2D eigenvalue weighted by molar-refractivity contribution is -0.441.